The number of H-pyrrole nitrogens is 1. The Hall–Kier alpha value is -1.82. The maximum atomic E-state index is 10.9. The molecule has 0 fully saturated rings. The van der Waals surface area contributed by atoms with Gasteiger partial charge in [0.25, 0.3) is 0 Å². The van der Waals surface area contributed by atoms with E-state index >= 15 is 0 Å². The second kappa shape index (κ2) is 4.70. The summed E-state index contributed by atoms with van der Waals surface area (Å²) < 4.78 is 0.887. The highest BCUT2D eigenvalue weighted by Gasteiger charge is 2.19. The predicted molar refractivity (Wildman–Crippen MR) is 74.6 cm³/mol. The largest absolute Gasteiger partial charge is 0.507 e. The molecule has 3 N–H and O–H groups in total. The van der Waals surface area contributed by atoms with Gasteiger partial charge in [0.05, 0.1) is 5.69 Å². The molecular formula is C13H13BrN2O3. The van der Waals surface area contributed by atoms with Crippen molar-refractivity contribution in [2.45, 2.75) is 20.8 Å². The van der Waals surface area contributed by atoms with Crippen LogP contribution in [0.2, 0.25) is 0 Å². The summed E-state index contributed by atoms with van der Waals surface area (Å²) in [5.74, 6) is -0.958. The summed E-state index contributed by atoms with van der Waals surface area (Å²) in [6, 6.07) is 1.41. The van der Waals surface area contributed by atoms with E-state index in [2.05, 4.69) is 26.1 Å². The summed E-state index contributed by atoms with van der Waals surface area (Å²) in [4.78, 5) is 10.9. The average Bonchev–Trinajstić information content (AvgIpc) is 2.84. The van der Waals surface area contributed by atoms with E-state index in [4.69, 9.17) is 5.11 Å². The third kappa shape index (κ3) is 2.12. The lowest BCUT2D eigenvalue weighted by molar-refractivity contribution is 0.0690. The molecule has 19 heavy (non-hydrogen) atoms. The lowest BCUT2D eigenvalue weighted by Crippen LogP contribution is -1.95. The number of carboxylic acids is 1. The third-order valence-corrected chi connectivity index (χ3v) is 4.44. The number of benzene rings is 1. The molecule has 1 aromatic heterocycles. The summed E-state index contributed by atoms with van der Waals surface area (Å²) in [5.41, 5.74) is 3.46. The van der Waals surface area contributed by atoms with E-state index in [1.165, 1.54) is 6.07 Å². The third-order valence-electron chi connectivity index (χ3n) is 3.25. The van der Waals surface area contributed by atoms with Gasteiger partial charge in [-0.25, -0.2) is 4.79 Å². The standard InChI is InChI=1S/C13H13BrN2O3/c1-5-6(2)12(17)10(7(3)11(5)14)8-4-9(13(18)19)16-15-8/h4,17H,1-3H3,(H,15,16)(H,18,19). The molecule has 0 aliphatic carbocycles. The number of carbonyl (C=O) groups is 1. The Kier molecular flexibility index (Phi) is 3.36. The van der Waals surface area contributed by atoms with Crippen LogP contribution in [0, 0.1) is 20.8 Å². The Morgan fingerprint density at radius 3 is 2.42 bits per heavy atom. The Morgan fingerprint density at radius 2 is 1.89 bits per heavy atom. The second-order valence-electron chi connectivity index (χ2n) is 4.38. The SMILES string of the molecule is Cc1c(C)c(Br)c(C)c(-c2cc(C(=O)O)[nH]n2)c1O. The van der Waals surface area contributed by atoms with Crippen LogP contribution >= 0.6 is 15.9 Å². The fraction of sp³-hybridized carbons (Fsp3) is 0.231. The van der Waals surface area contributed by atoms with Gasteiger partial charge in [0, 0.05) is 10.0 Å². The molecule has 0 radical (unpaired) electrons. The van der Waals surface area contributed by atoms with Gasteiger partial charge in [-0.05, 0) is 43.5 Å². The first-order valence-electron chi connectivity index (χ1n) is 5.61. The lowest BCUT2D eigenvalue weighted by atomic mass is 9.97. The van der Waals surface area contributed by atoms with E-state index in [-0.39, 0.29) is 11.4 Å². The number of aromatic hydroxyl groups is 1. The van der Waals surface area contributed by atoms with Gasteiger partial charge >= 0.3 is 5.97 Å². The fourth-order valence-electron chi connectivity index (χ4n) is 1.97. The molecule has 0 unspecified atom stereocenters. The van der Waals surface area contributed by atoms with Crippen LogP contribution in [0.25, 0.3) is 11.3 Å². The van der Waals surface area contributed by atoms with E-state index in [0.717, 1.165) is 21.2 Å². The zero-order valence-electron chi connectivity index (χ0n) is 10.7. The first-order valence-corrected chi connectivity index (χ1v) is 6.41. The Morgan fingerprint density at radius 1 is 1.26 bits per heavy atom. The number of aromatic nitrogens is 2. The monoisotopic (exact) mass is 324 g/mol. The van der Waals surface area contributed by atoms with Crippen LogP contribution in [-0.2, 0) is 0 Å². The molecule has 0 spiro atoms. The predicted octanol–water partition coefficient (Wildman–Crippen LogP) is 3.17. The van der Waals surface area contributed by atoms with Gasteiger partial charge in [-0.2, -0.15) is 5.10 Å². The van der Waals surface area contributed by atoms with Crippen molar-refractivity contribution in [3.63, 3.8) is 0 Å². The number of phenols is 1. The fourth-order valence-corrected chi connectivity index (χ4v) is 2.47. The zero-order chi connectivity index (χ0) is 14.3. The van der Waals surface area contributed by atoms with Crippen molar-refractivity contribution in [2.24, 2.45) is 0 Å². The van der Waals surface area contributed by atoms with Crippen molar-refractivity contribution in [3.05, 3.63) is 32.9 Å². The number of rotatable bonds is 2. The average molecular weight is 325 g/mol. The van der Waals surface area contributed by atoms with E-state index < -0.39 is 5.97 Å². The van der Waals surface area contributed by atoms with E-state index in [0.29, 0.717) is 11.3 Å². The number of carboxylic acid groups (broad SMARTS) is 1. The van der Waals surface area contributed by atoms with Gasteiger partial charge in [-0.15, -0.1) is 0 Å². The normalized spacial score (nSPS) is 10.7. The molecule has 0 aliphatic rings. The maximum Gasteiger partial charge on any atom is 0.353 e. The first kappa shape index (κ1) is 13.6. The molecule has 0 bridgehead atoms. The highest BCUT2D eigenvalue weighted by atomic mass is 79.9. The zero-order valence-corrected chi connectivity index (χ0v) is 12.3. The Bertz CT molecular complexity index is 648. The summed E-state index contributed by atoms with van der Waals surface area (Å²) in [5, 5.41) is 25.5. The van der Waals surface area contributed by atoms with Crippen LogP contribution < -0.4 is 0 Å². The van der Waals surface area contributed by atoms with Crippen LogP contribution in [0.4, 0.5) is 0 Å². The number of hydrogen-bond acceptors (Lipinski definition) is 3. The molecule has 0 amide bonds. The maximum absolute atomic E-state index is 10.9. The van der Waals surface area contributed by atoms with E-state index in [1.807, 2.05) is 20.8 Å². The number of nitrogens with one attached hydrogen (secondary N) is 1. The minimum atomic E-state index is -1.08. The van der Waals surface area contributed by atoms with Crippen molar-refractivity contribution < 1.29 is 15.0 Å². The number of nitrogens with zero attached hydrogens (tertiary/aromatic N) is 1. The van der Waals surface area contributed by atoms with E-state index in [1.54, 1.807) is 0 Å². The van der Waals surface area contributed by atoms with Crippen LogP contribution in [0.3, 0.4) is 0 Å². The van der Waals surface area contributed by atoms with Crippen molar-refractivity contribution in [1.82, 2.24) is 10.2 Å². The quantitative estimate of drug-likeness (QED) is 0.791. The van der Waals surface area contributed by atoms with Gasteiger partial charge in [-0.3, -0.25) is 5.10 Å². The lowest BCUT2D eigenvalue weighted by Gasteiger charge is -2.14. The van der Waals surface area contributed by atoms with Crippen molar-refractivity contribution in [1.29, 1.82) is 0 Å². The topological polar surface area (TPSA) is 86.2 Å². The minimum Gasteiger partial charge on any atom is -0.507 e. The molecular weight excluding hydrogens is 312 g/mol. The van der Waals surface area contributed by atoms with Crippen molar-refractivity contribution >= 4 is 21.9 Å². The molecule has 2 rings (SSSR count). The van der Waals surface area contributed by atoms with Crippen molar-refractivity contribution in [2.75, 3.05) is 0 Å². The van der Waals surface area contributed by atoms with Gasteiger partial charge < -0.3 is 10.2 Å². The number of halogens is 1. The van der Waals surface area contributed by atoms with Gasteiger partial charge in [0.2, 0.25) is 0 Å². The van der Waals surface area contributed by atoms with Gasteiger partial charge in [-0.1, -0.05) is 15.9 Å². The minimum absolute atomic E-state index is 0.0110. The molecule has 2 aromatic rings. The van der Waals surface area contributed by atoms with Crippen LogP contribution in [0.5, 0.6) is 5.75 Å². The number of hydrogen-bond donors (Lipinski definition) is 3. The summed E-state index contributed by atoms with van der Waals surface area (Å²) >= 11 is 3.48. The Labute approximate surface area is 118 Å². The molecule has 0 aliphatic heterocycles. The highest BCUT2D eigenvalue weighted by Crippen LogP contribution is 2.40. The summed E-state index contributed by atoms with van der Waals surface area (Å²) in [7, 11) is 0. The number of aromatic amines is 1. The summed E-state index contributed by atoms with van der Waals surface area (Å²) in [6.07, 6.45) is 0. The highest BCUT2D eigenvalue weighted by molar-refractivity contribution is 9.10. The van der Waals surface area contributed by atoms with Gasteiger partial charge in [0.1, 0.15) is 11.4 Å². The molecule has 1 heterocycles. The molecule has 1 aromatic carbocycles. The molecule has 0 atom stereocenters. The molecule has 0 saturated heterocycles. The molecule has 100 valence electrons. The second-order valence-corrected chi connectivity index (χ2v) is 5.18. The molecule has 6 heteroatoms. The Balaban J connectivity index is 2.71. The number of phenolic OH excluding ortho intramolecular Hbond substituents is 1. The molecule has 0 saturated carbocycles. The van der Waals surface area contributed by atoms with Crippen LogP contribution in [0.15, 0.2) is 10.5 Å². The summed E-state index contributed by atoms with van der Waals surface area (Å²) in [6.45, 7) is 5.56. The van der Waals surface area contributed by atoms with Crippen molar-refractivity contribution in [3.8, 4) is 17.0 Å². The smallest absolute Gasteiger partial charge is 0.353 e. The molecule has 5 nitrogen and oxygen atoms in total. The van der Waals surface area contributed by atoms with E-state index in [9.17, 15) is 9.90 Å². The van der Waals surface area contributed by atoms with Gasteiger partial charge in [0.15, 0.2) is 0 Å². The number of aromatic carboxylic acids is 1. The van der Waals surface area contributed by atoms with Crippen LogP contribution in [0.1, 0.15) is 27.2 Å². The first-order chi connectivity index (χ1) is 8.84. The van der Waals surface area contributed by atoms with Crippen LogP contribution in [-0.4, -0.2) is 26.4 Å².